The number of nitrogens with zero attached hydrogens (tertiary/aromatic N) is 2. The van der Waals surface area contributed by atoms with Crippen molar-refractivity contribution in [2.24, 2.45) is 11.8 Å². The molecule has 2 aliphatic heterocycles. The van der Waals surface area contributed by atoms with Gasteiger partial charge < -0.3 is 10.2 Å². The molecule has 20 heavy (non-hydrogen) atoms. The van der Waals surface area contributed by atoms with Gasteiger partial charge in [-0.3, -0.25) is 4.90 Å². The summed E-state index contributed by atoms with van der Waals surface area (Å²) in [5, 5.41) is 4.33. The molecule has 4 heteroatoms. The van der Waals surface area contributed by atoms with Gasteiger partial charge in [-0.1, -0.05) is 24.6 Å². The minimum atomic E-state index is 0.820. The van der Waals surface area contributed by atoms with Gasteiger partial charge in [0.15, 0.2) is 0 Å². The molecule has 2 aliphatic rings. The number of halogens is 1. The van der Waals surface area contributed by atoms with Crippen LogP contribution in [0.2, 0.25) is 5.02 Å². The average molecular weight is 294 g/mol. The van der Waals surface area contributed by atoms with Crippen molar-refractivity contribution in [1.82, 2.24) is 10.2 Å². The average Bonchev–Trinajstić information content (AvgIpc) is 2.85. The van der Waals surface area contributed by atoms with Crippen LogP contribution in [0.5, 0.6) is 0 Å². The molecular formula is C16H24ClN3. The van der Waals surface area contributed by atoms with E-state index in [-0.39, 0.29) is 0 Å². The Kier molecular flexibility index (Phi) is 4.49. The van der Waals surface area contributed by atoms with Crippen LogP contribution < -0.4 is 10.2 Å². The van der Waals surface area contributed by atoms with E-state index in [2.05, 4.69) is 34.2 Å². The number of hydrogen-bond acceptors (Lipinski definition) is 3. The van der Waals surface area contributed by atoms with Crippen molar-refractivity contribution in [2.75, 3.05) is 50.7 Å². The lowest BCUT2D eigenvalue weighted by molar-refractivity contribution is 0.208. The Morgan fingerprint density at radius 1 is 1.20 bits per heavy atom. The Balaban J connectivity index is 1.52. The molecule has 2 fully saturated rings. The van der Waals surface area contributed by atoms with Gasteiger partial charge in [-0.15, -0.1) is 0 Å². The first-order chi connectivity index (χ1) is 9.72. The highest BCUT2D eigenvalue weighted by Crippen LogP contribution is 2.22. The van der Waals surface area contributed by atoms with E-state index in [1.807, 2.05) is 12.1 Å². The normalized spacial score (nSPS) is 28.0. The maximum atomic E-state index is 6.08. The van der Waals surface area contributed by atoms with Crippen LogP contribution in [0.3, 0.4) is 0 Å². The minimum absolute atomic E-state index is 0.820. The Morgan fingerprint density at radius 2 is 2.00 bits per heavy atom. The molecule has 0 spiro atoms. The molecule has 1 N–H and O–H groups in total. The first-order valence-corrected chi connectivity index (χ1v) is 8.04. The van der Waals surface area contributed by atoms with Crippen LogP contribution in [0.15, 0.2) is 24.3 Å². The number of nitrogens with one attached hydrogen (secondary N) is 1. The number of benzene rings is 1. The monoisotopic (exact) mass is 293 g/mol. The van der Waals surface area contributed by atoms with Crippen molar-refractivity contribution < 1.29 is 0 Å². The molecule has 0 bridgehead atoms. The van der Waals surface area contributed by atoms with Crippen LogP contribution in [0.1, 0.15) is 6.92 Å². The third-order valence-corrected chi connectivity index (χ3v) is 4.95. The largest absolute Gasteiger partial charge is 0.369 e. The summed E-state index contributed by atoms with van der Waals surface area (Å²) in [7, 11) is 0. The van der Waals surface area contributed by atoms with Crippen LogP contribution in [0.25, 0.3) is 0 Å². The molecule has 0 aromatic heterocycles. The Hall–Kier alpha value is -0.770. The third kappa shape index (κ3) is 3.27. The fourth-order valence-electron chi connectivity index (χ4n) is 3.30. The molecule has 0 radical (unpaired) electrons. The van der Waals surface area contributed by atoms with E-state index < -0.39 is 0 Å². The van der Waals surface area contributed by atoms with Gasteiger partial charge in [0.2, 0.25) is 0 Å². The zero-order valence-electron chi connectivity index (χ0n) is 12.2. The number of rotatable bonds is 3. The van der Waals surface area contributed by atoms with Crippen LogP contribution in [-0.4, -0.2) is 50.7 Å². The summed E-state index contributed by atoms with van der Waals surface area (Å²) < 4.78 is 0. The van der Waals surface area contributed by atoms with E-state index in [0.29, 0.717) is 0 Å². The van der Waals surface area contributed by atoms with Gasteiger partial charge in [0, 0.05) is 43.4 Å². The molecule has 0 saturated carbocycles. The quantitative estimate of drug-likeness (QED) is 0.923. The summed E-state index contributed by atoms with van der Waals surface area (Å²) in [6, 6.07) is 8.20. The highest BCUT2D eigenvalue weighted by atomic mass is 35.5. The van der Waals surface area contributed by atoms with E-state index in [4.69, 9.17) is 11.6 Å². The van der Waals surface area contributed by atoms with Crippen molar-refractivity contribution >= 4 is 17.3 Å². The zero-order valence-corrected chi connectivity index (χ0v) is 12.9. The third-order valence-electron chi connectivity index (χ3n) is 4.72. The fourth-order valence-corrected chi connectivity index (χ4v) is 3.49. The molecule has 2 saturated heterocycles. The second kappa shape index (κ2) is 6.33. The van der Waals surface area contributed by atoms with Crippen molar-refractivity contribution in [3.8, 4) is 0 Å². The van der Waals surface area contributed by atoms with Crippen molar-refractivity contribution in [2.45, 2.75) is 6.92 Å². The second-order valence-electron chi connectivity index (χ2n) is 6.16. The smallest absolute Gasteiger partial charge is 0.0426 e. The van der Waals surface area contributed by atoms with Gasteiger partial charge in [0.25, 0.3) is 0 Å². The van der Waals surface area contributed by atoms with Crippen LogP contribution in [0, 0.1) is 11.8 Å². The zero-order chi connectivity index (χ0) is 13.9. The van der Waals surface area contributed by atoms with Gasteiger partial charge in [0.05, 0.1) is 0 Å². The van der Waals surface area contributed by atoms with E-state index in [0.717, 1.165) is 43.0 Å². The molecule has 1 aromatic rings. The molecular weight excluding hydrogens is 270 g/mol. The van der Waals surface area contributed by atoms with Crippen molar-refractivity contribution in [1.29, 1.82) is 0 Å². The maximum Gasteiger partial charge on any atom is 0.0426 e. The van der Waals surface area contributed by atoms with E-state index >= 15 is 0 Å². The Morgan fingerprint density at radius 3 is 2.65 bits per heavy atom. The van der Waals surface area contributed by atoms with Crippen molar-refractivity contribution in [3.05, 3.63) is 29.3 Å². The van der Waals surface area contributed by atoms with Gasteiger partial charge in [-0.05, 0) is 43.1 Å². The summed E-state index contributed by atoms with van der Waals surface area (Å²) in [6.45, 7) is 10.5. The number of piperazine rings is 1. The van der Waals surface area contributed by atoms with Crippen LogP contribution in [-0.2, 0) is 0 Å². The van der Waals surface area contributed by atoms with E-state index in [1.165, 1.54) is 25.3 Å². The fraction of sp³-hybridized carbons (Fsp3) is 0.625. The second-order valence-corrected chi connectivity index (χ2v) is 6.60. The lowest BCUT2D eigenvalue weighted by Gasteiger charge is -2.37. The summed E-state index contributed by atoms with van der Waals surface area (Å²) in [5.74, 6) is 1.65. The number of anilines is 1. The lowest BCUT2D eigenvalue weighted by Crippen LogP contribution is -2.48. The molecule has 2 atom stereocenters. The number of hydrogen-bond donors (Lipinski definition) is 1. The summed E-state index contributed by atoms with van der Waals surface area (Å²) >= 11 is 6.08. The molecule has 2 heterocycles. The molecule has 3 rings (SSSR count). The van der Waals surface area contributed by atoms with E-state index in [9.17, 15) is 0 Å². The first kappa shape index (κ1) is 14.2. The molecule has 0 aliphatic carbocycles. The molecule has 110 valence electrons. The topological polar surface area (TPSA) is 18.5 Å². The molecule has 0 unspecified atom stereocenters. The highest BCUT2D eigenvalue weighted by Gasteiger charge is 2.26. The van der Waals surface area contributed by atoms with Crippen molar-refractivity contribution in [3.63, 3.8) is 0 Å². The SMILES string of the molecule is C[C@@H]1CNC[C@H]1CN1CCN(c2cccc(Cl)c2)CC1. The standard InChI is InChI=1S/C16H24ClN3/c1-13-10-18-11-14(13)12-19-5-7-20(8-6-19)16-4-2-3-15(17)9-16/h2-4,9,13-14,18H,5-8,10-12H2,1H3/t13-,14+/m1/s1. The molecule has 0 amide bonds. The molecule has 1 aromatic carbocycles. The Labute approximate surface area is 126 Å². The minimum Gasteiger partial charge on any atom is -0.369 e. The highest BCUT2D eigenvalue weighted by molar-refractivity contribution is 6.30. The predicted molar refractivity (Wildman–Crippen MR) is 85.6 cm³/mol. The summed E-state index contributed by atoms with van der Waals surface area (Å²) in [4.78, 5) is 5.06. The van der Waals surface area contributed by atoms with Crippen LogP contribution in [0.4, 0.5) is 5.69 Å². The summed E-state index contributed by atoms with van der Waals surface area (Å²) in [5.41, 5.74) is 1.26. The van der Waals surface area contributed by atoms with E-state index in [1.54, 1.807) is 0 Å². The summed E-state index contributed by atoms with van der Waals surface area (Å²) in [6.07, 6.45) is 0. The van der Waals surface area contributed by atoms with Gasteiger partial charge >= 0.3 is 0 Å². The maximum absolute atomic E-state index is 6.08. The predicted octanol–water partition coefficient (Wildman–Crippen LogP) is 2.32. The van der Waals surface area contributed by atoms with Gasteiger partial charge in [-0.2, -0.15) is 0 Å². The van der Waals surface area contributed by atoms with Crippen LogP contribution >= 0.6 is 11.6 Å². The first-order valence-electron chi connectivity index (χ1n) is 7.66. The van der Waals surface area contributed by atoms with Gasteiger partial charge in [-0.25, -0.2) is 0 Å². The van der Waals surface area contributed by atoms with Gasteiger partial charge in [0.1, 0.15) is 0 Å². The molecule has 3 nitrogen and oxygen atoms in total. The Bertz CT molecular complexity index is 443. The lowest BCUT2D eigenvalue weighted by atomic mass is 9.97.